The molecule has 29 heavy (non-hydrogen) atoms. The molecule has 0 aromatic carbocycles. The summed E-state index contributed by atoms with van der Waals surface area (Å²) in [6.45, 7) is 2.00. The van der Waals surface area contributed by atoms with Crippen molar-refractivity contribution in [2.75, 3.05) is 7.05 Å². The molecule has 0 unspecified atom stereocenters. The number of nitrogens with one attached hydrogen (secondary N) is 2. The lowest BCUT2D eigenvalue weighted by atomic mass is 9.95. The highest BCUT2D eigenvalue weighted by atomic mass is 16.2. The number of rotatable bonds is 4. The molecule has 3 amide bonds. The summed E-state index contributed by atoms with van der Waals surface area (Å²) in [7, 11) is 1.65. The summed E-state index contributed by atoms with van der Waals surface area (Å²) in [5.41, 5.74) is -0.435. The van der Waals surface area contributed by atoms with Crippen LogP contribution in [0, 0.1) is 0 Å². The molecule has 0 spiro atoms. The average Bonchev–Trinajstić information content (AvgIpc) is 3.37. The van der Waals surface area contributed by atoms with Crippen molar-refractivity contribution in [3.8, 4) is 0 Å². The van der Waals surface area contributed by atoms with Crippen molar-refractivity contribution in [1.82, 2.24) is 25.3 Å². The Hall–Kier alpha value is -2.38. The van der Waals surface area contributed by atoms with Crippen LogP contribution < -0.4 is 10.6 Å². The van der Waals surface area contributed by atoms with Gasteiger partial charge in [-0.15, -0.1) is 0 Å². The maximum Gasteiger partial charge on any atom is 0.272 e. The van der Waals surface area contributed by atoms with Gasteiger partial charge in [0.2, 0.25) is 5.91 Å². The maximum atomic E-state index is 13.0. The summed E-state index contributed by atoms with van der Waals surface area (Å²) in [4.78, 5) is 40.1. The highest BCUT2D eigenvalue weighted by molar-refractivity contribution is 6.01. The number of likely N-dealkylation sites (N-methyl/N-ethyl adjacent to an activating group) is 1. The lowest BCUT2D eigenvalue weighted by Crippen LogP contribution is -2.63. The van der Waals surface area contributed by atoms with E-state index in [1.807, 2.05) is 0 Å². The molecular weight excluding hydrogens is 370 g/mol. The molecule has 3 aliphatic rings. The summed E-state index contributed by atoms with van der Waals surface area (Å²) in [6, 6.07) is 1.90. The van der Waals surface area contributed by atoms with Crippen molar-refractivity contribution >= 4 is 17.7 Å². The van der Waals surface area contributed by atoms with Crippen LogP contribution >= 0.6 is 0 Å². The first-order valence-corrected chi connectivity index (χ1v) is 10.9. The molecule has 1 aromatic rings. The van der Waals surface area contributed by atoms with Crippen LogP contribution in [0.5, 0.6) is 0 Å². The Labute approximate surface area is 171 Å². The van der Waals surface area contributed by atoms with Gasteiger partial charge in [0.15, 0.2) is 5.69 Å². The van der Waals surface area contributed by atoms with Crippen LogP contribution in [0.15, 0.2) is 6.07 Å². The normalized spacial score (nSPS) is 25.7. The number of aromatic nitrogens is 2. The first-order valence-electron chi connectivity index (χ1n) is 10.9. The lowest BCUT2D eigenvalue weighted by Gasteiger charge is -2.41. The van der Waals surface area contributed by atoms with Gasteiger partial charge in [-0.25, -0.2) is 0 Å². The third-order valence-corrected chi connectivity index (χ3v) is 6.85. The second kappa shape index (κ2) is 7.80. The molecule has 2 saturated carbocycles. The first kappa shape index (κ1) is 19.9. The standard InChI is InChI=1S/C21H31N5O3/c1-21(20(29)23-15-10-6-7-11-15)13-26-17(19(28)25(21)2)12-16(24-26)18(27)22-14-8-4-3-5-9-14/h12,14-15H,3-11,13H2,1-2H3,(H,22,27)(H,23,29)/t21-/m1/s1. The smallest absolute Gasteiger partial charge is 0.272 e. The van der Waals surface area contributed by atoms with Crippen molar-refractivity contribution in [2.24, 2.45) is 0 Å². The molecule has 4 rings (SSSR count). The number of fused-ring (bicyclic) bond motifs is 1. The molecule has 0 saturated heterocycles. The van der Waals surface area contributed by atoms with E-state index in [0.717, 1.165) is 51.4 Å². The number of hydrogen-bond donors (Lipinski definition) is 2. The monoisotopic (exact) mass is 401 g/mol. The summed E-state index contributed by atoms with van der Waals surface area (Å²) in [6.07, 6.45) is 9.66. The van der Waals surface area contributed by atoms with Gasteiger partial charge >= 0.3 is 0 Å². The second-order valence-electron chi connectivity index (χ2n) is 8.97. The Morgan fingerprint density at radius 3 is 2.28 bits per heavy atom. The van der Waals surface area contributed by atoms with Crippen molar-refractivity contribution < 1.29 is 14.4 Å². The number of carbonyl (C=O) groups is 3. The lowest BCUT2D eigenvalue weighted by molar-refractivity contribution is -0.133. The van der Waals surface area contributed by atoms with Crippen molar-refractivity contribution in [3.63, 3.8) is 0 Å². The zero-order chi connectivity index (χ0) is 20.6. The molecule has 1 aromatic heterocycles. The molecule has 1 atom stereocenters. The van der Waals surface area contributed by atoms with E-state index >= 15 is 0 Å². The SMILES string of the molecule is CN1C(=O)c2cc(C(=O)NC3CCCCC3)nn2C[C@]1(C)C(=O)NC1CCCC1. The van der Waals surface area contributed by atoms with Gasteiger partial charge in [0.25, 0.3) is 11.8 Å². The van der Waals surface area contributed by atoms with Gasteiger partial charge in [0.1, 0.15) is 11.2 Å². The van der Waals surface area contributed by atoms with E-state index in [9.17, 15) is 14.4 Å². The first-order chi connectivity index (χ1) is 13.9. The Kier molecular flexibility index (Phi) is 5.36. The van der Waals surface area contributed by atoms with Crippen LogP contribution in [0.2, 0.25) is 0 Å². The quantitative estimate of drug-likeness (QED) is 0.805. The van der Waals surface area contributed by atoms with Gasteiger partial charge in [-0.3, -0.25) is 19.1 Å². The van der Waals surface area contributed by atoms with Crippen LogP contribution in [-0.4, -0.2) is 57.1 Å². The van der Waals surface area contributed by atoms with E-state index < -0.39 is 5.54 Å². The second-order valence-corrected chi connectivity index (χ2v) is 8.97. The van der Waals surface area contributed by atoms with Crippen LogP contribution in [0.3, 0.4) is 0 Å². The minimum Gasteiger partial charge on any atom is -0.351 e. The fraction of sp³-hybridized carbons (Fsp3) is 0.714. The van der Waals surface area contributed by atoms with Gasteiger partial charge in [0, 0.05) is 25.2 Å². The van der Waals surface area contributed by atoms with Crippen molar-refractivity contribution in [1.29, 1.82) is 0 Å². The van der Waals surface area contributed by atoms with E-state index in [1.165, 1.54) is 16.0 Å². The Balaban J connectivity index is 1.51. The minimum atomic E-state index is -1.03. The largest absolute Gasteiger partial charge is 0.351 e. The highest BCUT2D eigenvalue weighted by Gasteiger charge is 2.47. The van der Waals surface area contributed by atoms with E-state index in [4.69, 9.17) is 0 Å². The fourth-order valence-electron chi connectivity index (χ4n) is 4.76. The summed E-state index contributed by atoms with van der Waals surface area (Å²) < 4.78 is 1.52. The third kappa shape index (κ3) is 3.76. The zero-order valence-corrected chi connectivity index (χ0v) is 17.4. The maximum absolute atomic E-state index is 13.0. The van der Waals surface area contributed by atoms with Gasteiger partial charge in [0.05, 0.1) is 6.54 Å². The number of hydrogen-bond acceptors (Lipinski definition) is 4. The number of amides is 3. The Morgan fingerprint density at radius 1 is 1.03 bits per heavy atom. The highest BCUT2D eigenvalue weighted by Crippen LogP contribution is 2.27. The molecule has 2 heterocycles. The Bertz CT molecular complexity index is 807. The van der Waals surface area contributed by atoms with E-state index in [2.05, 4.69) is 15.7 Å². The van der Waals surface area contributed by atoms with Gasteiger partial charge in [-0.1, -0.05) is 32.1 Å². The predicted octanol–water partition coefficient (Wildman–Crippen LogP) is 1.85. The van der Waals surface area contributed by atoms with Crippen LogP contribution in [-0.2, 0) is 11.3 Å². The van der Waals surface area contributed by atoms with Gasteiger partial charge in [-0.05, 0) is 32.6 Å². The van der Waals surface area contributed by atoms with Gasteiger partial charge in [-0.2, -0.15) is 5.10 Å². The van der Waals surface area contributed by atoms with E-state index in [0.29, 0.717) is 5.69 Å². The van der Waals surface area contributed by atoms with E-state index in [-0.39, 0.29) is 42.0 Å². The molecule has 0 radical (unpaired) electrons. The molecule has 8 heteroatoms. The van der Waals surface area contributed by atoms with Crippen LogP contribution in [0.25, 0.3) is 0 Å². The summed E-state index contributed by atoms with van der Waals surface area (Å²) >= 11 is 0. The molecular formula is C21H31N5O3. The summed E-state index contributed by atoms with van der Waals surface area (Å²) in [5, 5.41) is 10.5. The molecule has 0 bridgehead atoms. The molecule has 2 aliphatic carbocycles. The van der Waals surface area contributed by atoms with E-state index in [1.54, 1.807) is 20.0 Å². The number of nitrogens with zero attached hydrogens (tertiary/aromatic N) is 3. The molecule has 2 fully saturated rings. The average molecular weight is 402 g/mol. The summed E-state index contributed by atoms with van der Waals surface area (Å²) in [5.74, 6) is -0.689. The Morgan fingerprint density at radius 2 is 1.62 bits per heavy atom. The third-order valence-electron chi connectivity index (χ3n) is 6.85. The molecule has 1 aliphatic heterocycles. The minimum absolute atomic E-state index is 0.158. The van der Waals surface area contributed by atoms with Crippen molar-refractivity contribution in [2.45, 2.75) is 88.9 Å². The van der Waals surface area contributed by atoms with Gasteiger partial charge < -0.3 is 15.5 Å². The number of carbonyl (C=O) groups excluding carboxylic acids is 3. The fourth-order valence-corrected chi connectivity index (χ4v) is 4.76. The van der Waals surface area contributed by atoms with Crippen molar-refractivity contribution in [3.05, 3.63) is 17.5 Å². The molecule has 2 N–H and O–H groups in total. The van der Waals surface area contributed by atoms with Crippen LogP contribution in [0.1, 0.15) is 85.7 Å². The molecule has 158 valence electrons. The molecule has 8 nitrogen and oxygen atoms in total. The zero-order valence-electron chi connectivity index (χ0n) is 17.4. The topological polar surface area (TPSA) is 96.3 Å². The predicted molar refractivity (Wildman–Crippen MR) is 107 cm³/mol. The van der Waals surface area contributed by atoms with Crippen LogP contribution in [0.4, 0.5) is 0 Å².